The number of amides is 1. The van der Waals surface area contributed by atoms with Crippen LogP contribution >= 0.6 is 0 Å². The molecule has 0 aromatic carbocycles. The van der Waals surface area contributed by atoms with E-state index >= 15 is 0 Å². The van der Waals surface area contributed by atoms with Gasteiger partial charge in [-0.3, -0.25) is 4.79 Å². The van der Waals surface area contributed by atoms with Crippen LogP contribution in [0.4, 0.5) is 0 Å². The lowest BCUT2D eigenvalue weighted by atomic mass is 10.1. The van der Waals surface area contributed by atoms with Gasteiger partial charge in [-0.25, -0.2) is 9.97 Å². The first-order valence-electron chi connectivity index (χ1n) is 7.75. The van der Waals surface area contributed by atoms with Gasteiger partial charge in [0.25, 0.3) is 0 Å². The number of hydrogen-bond donors (Lipinski definition) is 3. The Morgan fingerprint density at radius 2 is 2.16 bits per heavy atom. The molecule has 7 heteroatoms. The summed E-state index contributed by atoms with van der Waals surface area (Å²) < 4.78 is 5.35. The summed E-state index contributed by atoms with van der Waals surface area (Å²) >= 11 is 0. The maximum atomic E-state index is 10.9. The molecule has 3 rings (SSSR count). The molecule has 25 heavy (non-hydrogen) atoms. The normalized spacial score (nSPS) is 12.6. The van der Waals surface area contributed by atoms with E-state index in [2.05, 4.69) is 15.0 Å². The van der Waals surface area contributed by atoms with E-state index in [1.807, 2.05) is 12.1 Å². The standard InChI is InChI=1S/C18H18N4O3/c1-11(23)10-25-17-5-3-12(7-20-17)14-6-15-13(2-4-16(19)24)8-21-18(15)22-9-14/h2-9,11,23H,10H2,1H3,(H2,19,24)(H,21,22). The molecule has 0 saturated carbocycles. The highest BCUT2D eigenvalue weighted by Crippen LogP contribution is 2.25. The van der Waals surface area contributed by atoms with Crippen LogP contribution in [-0.2, 0) is 4.79 Å². The fourth-order valence-electron chi connectivity index (χ4n) is 2.33. The molecule has 0 aliphatic carbocycles. The molecule has 128 valence electrons. The predicted octanol–water partition coefficient (Wildman–Crippen LogP) is 1.88. The number of nitrogens with one attached hydrogen (secondary N) is 1. The number of nitrogens with zero attached hydrogens (tertiary/aromatic N) is 2. The van der Waals surface area contributed by atoms with Crippen molar-refractivity contribution in [2.45, 2.75) is 13.0 Å². The highest BCUT2D eigenvalue weighted by molar-refractivity contribution is 5.95. The number of carbonyl (C=O) groups excluding carboxylic acids is 1. The van der Waals surface area contributed by atoms with E-state index in [1.54, 1.807) is 37.7 Å². The van der Waals surface area contributed by atoms with Gasteiger partial charge in [0.05, 0.1) is 6.10 Å². The number of H-pyrrole nitrogens is 1. The first kappa shape index (κ1) is 16.7. The molecular weight excluding hydrogens is 320 g/mol. The lowest BCUT2D eigenvalue weighted by Gasteiger charge is -2.08. The van der Waals surface area contributed by atoms with Crippen LogP contribution in [0.1, 0.15) is 12.5 Å². The number of ether oxygens (including phenoxy) is 1. The largest absolute Gasteiger partial charge is 0.475 e. The molecule has 4 N–H and O–H groups in total. The molecule has 0 radical (unpaired) electrons. The predicted molar refractivity (Wildman–Crippen MR) is 94.7 cm³/mol. The van der Waals surface area contributed by atoms with E-state index in [1.165, 1.54) is 6.08 Å². The van der Waals surface area contributed by atoms with Gasteiger partial charge in [-0.1, -0.05) is 0 Å². The zero-order chi connectivity index (χ0) is 17.8. The Balaban J connectivity index is 1.88. The van der Waals surface area contributed by atoms with Crippen molar-refractivity contribution in [2.24, 2.45) is 5.73 Å². The van der Waals surface area contributed by atoms with Gasteiger partial charge in [0, 0.05) is 52.8 Å². The van der Waals surface area contributed by atoms with Gasteiger partial charge in [0.2, 0.25) is 11.8 Å². The SMILES string of the molecule is CC(O)COc1ccc(-c2cnc3[nH]cc(C=CC(N)=O)c3c2)cn1. The lowest BCUT2D eigenvalue weighted by molar-refractivity contribution is -0.113. The monoisotopic (exact) mass is 338 g/mol. The Kier molecular flexibility index (Phi) is 4.76. The molecule has 3 aromatic rings. The van der Waals surface area contributed by atoms with Crippen LogP contribution in [0.5, 0.6) is 5.88 Å². The van der Waals surface area contributed by atoms with Crippen molar-refractivity contribution in [1.82, 2.24) is 15.0 Å². The molecule has 1 atom stereocenters. The van der Waals surface area contributed by atoms with Crippen molar-refractivity contribution in [2.75, 3.05) is 6.61 Å². The fourth-order valence-corrected chi connectivity index (χ4v) is 2.33. The summed E-state index contributed by atoms with van der Waals surface area (Å²) in [7, 11) is 0. The number of nitrogens with two attached hydrogens (primary N) is 1. The number of aromatic amines is 1. The van der Waals surface area contributed by atoms with Gasteiger partial charge in [-0.05, 0) is 25.1 Å². The Labute approximate surface area is 144 Å². The molecule has 1 amide bonds. The van der Waals surface area contributed by atoms with Crippen LogP contribution in [-0.4, -0.2) is 38.7 Å². The van der Waals surface area contributed by atoms with Crippen LogP contribution < -0.4 is 10.5 Å². The van der Waals surface area contributed by atoms with E-state index in [9.17, 15) is 9.90 Å². The summed E-state index contributed by atoms with van der Waals surface area (Å²) in [6.45, 7) is 1.84. The first-order chi connectivity index (χ1) is 12.0. The van der Waals surface area contributed by atoms with Gasteiger partial charge in [0.1, 0.15) is 12.3 Å². The number of rotatable bonds is 6. The zero-order valence-corrected chi connectivity index (χ0v) is 13.6. The molecule has 0 fully saturated rings. The van der Waals surface area contributed by atoms with Crippen LogP contribution in [0.3, 0.4) is 0 Å². The minimum Gasteiger partial charge on any atom is -0.475 e. The van der Waals surface area contributed by atoms with Crippen molar-refractivity contribution in [1.29, 1.82) is 0 Å². The molecular formula is C18H18N4O3. The van der Waals surface area contributed by atoms with Gasteiger partial charge >= 0.3 is 0 Å². The second-order valence-corrected chi connectivity index (χ2v) is 5.65. The Morgan fingerprint density at radius 3 is 2.84 bits per heavy atom. The smallest absolute Gasteiger partial charge is 0.241 e. The summed E-state index contributed by atoms with van der Waals surface area (Å²) in [6, 6.07) is 5.58. The number of hydrogen-bond acceptors (Lipinski definition) is 5. The highest BCUT2D eigenvalue weighted by Gasteiger charge is 2.07. The molecule has 3 aromatic heterocycles. The molecule has 0 spiro atoms. The van der Waals surface area contributed by atoms with Crippen molar-refractivity contribution in [3.05, 3.63) is 48.4 Å². The third-order valence-electron chi connectivity index (χ3n) is 3.53. The number of aliphatic hydroxyl groups is 1. The number of carbonyl (C=O) groups is 1. The Bertz CT molecular complexity index is 914. The molecule has 0 aliphatic heterocycles. The molecule has 0 bridgehead atoms. The second kappa shape index (κ2) is 7.14. The van der Waals surface area contributed by atoms with Gasteiger partial charge in [-0.15, -0.1) is 0 Å². The summed E-state index contributed by atoms with van der Waals surface area (Å²) in [6.07, 6.45) is 7.61. The van der Waals surface area contributed by atoms with Gasteiger partial charge in [0.15, 0.2) is 0 Å². The van der Waals surface area contributed by atoms with Crippen molar-refractivity contribution >= 4 is 23.0 Å². The van der Waals surface area contributed by atoms with Crippen LogP contribution in [0.15, 0.2) is 42.9 Å². The van der Waals surface area contributed by atoms with Crippen LogP contribution in [0, 0.1) is 0 Å². The van der Waals surface area contributed by atoms with E-state index < -0.39 is 12.0 Å². The molecule has 0 aliphatic rings. The second-order valence-electron chi connectivity index (χ2n) is 5.65. The fraction of sp³-hybridized carbons (Fsp3) is 0.167. The summed E-state index contributed by atoms with van der Waals surface area (Å²) in [5.41, 5.74) is 8.46. The minimum absolute atomic E-state index is 0.193. The van der Waals surface area contributed by atoms with E-state index in [0.29, 0.717) is 5.88 Å². The zero-order valence-electron chi connectivity index (χ0n) is 13.6. The number of aromatic nitrogens is 3. The molecule has 7 nitrogen and oxygen atoms in total. The maximum absolute atomic E-state index is 10.9. The average Bonchev–Trinajstić information content (AvgIpc) is 3.01. The highest BCUT2D eigenvalue weighted by atomic mass is 16.5. The van der Waals surface area contributed by atoms with Crippen LogP contribution in [0.2, 0.25) is 0 Å². The van der Waals surface area contributed by atoms with Crippen LogP contribution in [0.25, 0.3) is 28.2 Å². The number of fused-ring (bicyclic) bond motifs is 1. The maximum Gasteiger partial charge on any atom is 0.241 e. The van der Waals surface area contributed by atoms with Crippen molar-refractivity contribution in [3.63, 3.8) is 0 Å². The third-order valence-corrected chi connectivity index (χ3v) is 3.53. The van der Waals surface area contributed by atoms with Gasteiger partial charge < -0.3 is 20.6 Å². The Hall–Kier alpha value is -3.19. The van der Waals surface area contributed by atoms with E-state index in [0.717, 1.165) is 27.7 Å². The lowest BCUT2D eigenvalue weighted by Crippen LogP contribution is -2.13. The van der Waals surface area contributed by atoms with Gasteiger partial charge in [-0.2, -0.15) is 0 Å². The summed E-state index contributed by atoms with van der Waals surface area (Å²) in [4.78, 5) is 22.6. The molecule has 3 heterocycles. The topological polar surface area (TPSA) is 114 Å². The third kappa shape index (κ3) is 4.02. The molecule has 0 saturated heterocycles. The van der Waals surface area contributed by atoms with E-state index in [-0.39, 0.29) is 6.61 Å². The number of pyridine rings is 2. The molecule has 1 unspecified atom stereocenters. The first-order valence-corrected chi connectivity index (χ1v) is 7.75. The van der Waals surface area contributed by atoms with Crippen molar-refractivity contribution < 1.29 is 14.6 Å². The summed E-state index contributed by atoms with van der Waals surface area (Å²) in [5, 5.41) is 10.1. The Morgan fingerprint density at radius 1 is 1.36 bits per heavy atom. The summed E-state index contributed by atoms with van der Waals surface area (Å²) in [5.74, 6) is -0.0548. The van der Waals surface area contributed by atoms with E-state index in [4.69, 9.17) is 10.5 Å². The number of primary amides is 1. The minimum atomic E-state index is -0.548. The van der Waals surface area contributed by atoms with Crippen molar-refractivity contribution in [3.8, 4) is 17.0 Å². The quantitative estimate of drug-likeness (QED) is 0.594. The number of aliphatic hydroxyl groups excluding tert-OH is 1. The average molecular weight is 338 g/mol.